The second-order valence-electron chi connectivity index (χ2n) is 8.42. The molecular weight excluding hydrogens is 366 g/mol. The van der Waals surface area contributed by atoms with Gasteiger partial charge in [0, 0.05) is 12.2 Å². The van der Waals surface area contributed by atoms with Gasteiger partial charge >= 0.3 is 0 Å². The van der Waals surface area contributed by atoms with Gasteiger partial charge in [0.15, 0.2) is 0 Å². The van der Waals surface area contributed by atoms with Crippen LogP contribution in [0.3, 0.4) is 0 Å². The Morgan fingerprint density at radius 2 is 1.66 bits per heavy atom. The van der Waals surface area contributed by atoms with Crippen LogP contribution in [0.25, 0.3) is 0 Å². The van der Waals surface area contributed by atoms with E-state index in [1.54, 1.807) is 24.3 Å². The lowest BCUT2D eigenvalue weighted by Crippen LogP contribution is -2.33. The molecule has 0 spiro atoms. The van der Waals surface area contributed by atoms with Gasteiger partial charge in [0.05, 0.1) is 11.7 Å². The molecule has 0 heterocycles. The molecule has 0 amide bonds. The third-order valence-electron chi connectivity index (χ3n) is 6.62. The third kappa shape index (κ3) is 4.87. The summed E-state index contributed by atoms with van der Waals surface area (Å²) in [5.74, 6) is 7.17. The summed E-state index contributed by atoms with van der Waals surface area (Å²) in [5, 5.41) is 0. The van der Waals surface area contributed by atoms with Gasteiger partial charge in [-0.2, -0.15) is 0 Å². The second-order valence-corrected chi connectivity index (χ2v) is 8.42. The number of halogens is 2. The van der Waals surface area contributed by atoms with Gasteiger partial charge in [-0.05, 0) is 105 Å². The van der Waals surface area contributed by atoms with E-state index in [1.807, 2.05) is 6.07 Å². The molecule has 0 radical (unpaired) electrons. The Balaban J connectivity index is 1.42. The van der Waals surface area contributed by atoms with Crippen LogP contribution in [-0.2, 0) is 4.74 Å². The molecule has 1 nitrogen and oxygen atoms in total. The van der Waals surface area contributed by atoms with Crippen molar-refractivity contribution in [2.45, 2.75) is 57.5 Å². The maximum absolute atomic E-state index is 14.7. The number of benzene rings is 2. The van der Waals surface area contributed by atoms with E-state index in [0.717, 1.165) is 43.3 Å². The van der Waals surface area contributed by atoms with Crippen molar-refractivity contribution in [2.24, 2.45) is 11.8 Å². The molecule has 3 heteroatoms. The summed E-state index contributed by atoms with van der Waals surface area (Å²) < 4.78 is 33.5. The molecule has 4 unspecified atom stereocenters. The zero-order valence-corrected chi connectivity index (χ0v) is 17.0. The first-order valence-corrected chi connectivity index (χ1v) is 10.8. The highest BCUT2D eigenvalue weighted by Gasteiger charge is 2.36. The second kappa shape index (κ2) is 9.09. The quantitative estimate of drug-likeness (QED) is 0.543. The molecule has 29 heavy (non-hydrogen) atoms. The first kappa shape index (κ1) is 20.1. The van der Waals surface area contributed by atoms with Crippen molar-refractivity contribution in [2.75, 3.05) is 6.61 Å². The molecule has 0 aliphatic heterocycles. The standard InChI is InChI=1S/C26H28F2O/c1-2-29-25-14-11-21-15-20(9-10-22(21)16-25)23-8-7-19(26(28)17-23)6-3-18-4-12-24(27)13-5-18/h4-5,7-8,12-13,17,20-22,25H,2,9-11,14-16H2,1H3. The monoisotopic (exact) mass is 394 g/mol. The van der Waals surface area contributed by atoms with Gasteiger partial charge in [-0.25, -0.2) is 8.78 Å². The fourth-order valence-electron chi connectivity index (χ4n) is 5.10. The topological polar surface area (TPSA) is 9.23 Å². The van der Waals surface area contributed by atoms with Crippen LogP contribution in [0.4, 0.5) is 8.78 Å². The molecule has 0 bridgehead atoms. The van der Waals surface area contributed by atoms with E-state index in [1.165, 1.54) is 31.4 Å². The Kier molecular flexibility index (Phi) is 6.31. The molecule has 2 fully saturated rings. The summed E-state index contributed by atoms with van der Waals surface area (Å²) in [5.41, 5.74) is 2.17. The Labute approximate surface area is 172 Å². The van der Waals surface area contributed by atoms with Crippen molar-refractivity contribution >= 4 is 0 Å². The highest BCUT2D eigenvalue weighted by Crippen LogP contribution is 2.46. The predicted molar refractivity (Wildman–Crippen MR) is 112 cm³/mol. The minimum atomic E-state index is -0.299. The SMILES string of the molecule is CCOC1CCC2CC(c3ccc(C#Cc4ccc(F)cc4)c(F)c3)CCC2C1. The van der Waals surface area contributed by atoms with E-state index < -0.39 is 0 Å². The largest absolute Gasteiger partial charge is 0.378 e. The highest BCUT2D eigenvalue weighted by atomic mass is 19.1. The summed E-state index contributed by atoms with van der Waals surface area (Å²) in [6.07, 6.45) is 7.52. The molecule has 2 aromatic carbocycles. The molecule has 0 saturated heterocycles. The average Bonchev–Trinajstić information content (AvgIpc) is 2.74. The summed E-state index contributed by atoms with van der Waals surface area (Å²) in [6, 6.07) is 11.4. The Morgan fingerprint density at radius 1 is 0.897 bits per heavy atom. The van der Waals surface area contributed by atoms with Gasteiger partial charge < -0.3 is 4.74 Å². The van der Waals surface area contributed by atoms with Crippen molar-refractivity contribution < 1.29 is 13.5 Å². The molecule has 0 aromatic heterocycles. The Morgan fingerprint density at radius 3 is 2.41 bits per heavy atom. The number of hydrogen-bond acceptors (Lipinski definition) is 1. The van der Waals surface area contributed by atoms with Crippen LogP contribution in [0, 0.1) is 35.3 Å². The van der Waals surface area contributed by atoms with E-state index in [9.17, 15) is 8.78 Å². The first-order valence-electron chi connectivity index (χ1n) is 10.8. The average molecular weight is 395 g/mol. The number of hydrogen-bond donors (Lipinski definition) is 0. The van der Waals surface area contributed by atoms with E-state index >= 15 is 0 Å². The van der Waals surface area contributed by atoms with E-state index in [2.05, 4.69) is 18.8 Å². The van der Waals surface area contributed by atoms with Gasteiger partial charge in [-0.1, -0.05) is 17.9 Å². The highest BCUT2D eigenvalue weighted by molar-refractivity contribution is 5.44. The van der Waals surface area contributed by atoms with Crippen LogP contribution in [0.1, 0.15) is 68.1 Å². The van der Waals surface area contributed by atoms with Crippen molar-refractivity contribution in [1.82, 2.24) is 0 Å². The van der Waals surface area contributed by atoms with Crippen LogP contribution in [0.2, 0.25) is 0 Å². The number of fused-ring (bicyclic) bond motifs is 1. The van der Waals surface area contributed by atoms with Gasteiger partial charge in [0.25, 0.3) is 0 Å². The molecule has 2 saturated carbocycles. The molecule has 2 aliphatic carbocycles. The van der Waals surface area contributed by atoms with Crippen LogP contribution in [0.5, 0.6) is 0 Å². The van der Waals surface area contributed by atoms with Crippen molar-refractivity contribution in [3.05, 3.63) is 70.8 Å². The molecule has 2 aromatic rings. The van der Waals surface area contributed by atoms with Crippen molar-refractivity contribution in [3.63, 3.8) is 0 Å². The molecule has 4 rings (SSSR count). The zero-order chi connectivity index (χ0) is 20.2. The lowest BCUT2D eigenvalue weighted by molar-refractivity contribution is -0.00956. The smallest absolute Gasteiger partial charge is 0.139 e. The van der Waals surface area contributed by atoms with Crippen molar-refractivity contribution in [1.29, 1.82) is 0 Å². The molecule has 0 N–H and O–H groups in total. The molecular formula is C26H28F2O. The van der Waals surface area contributed by atoms with Gasteiger partial charge in [0.2, 0.25) is 0 Å². The minimum Gasteiger partial charge on any atom is -0.378 e. The predicted octanol–water partition coefficient (Wildman–Crippen LogP) is 6.45. The van der Waals surface area contributed by atoms with Gasteiger partial charge in [-0.15, -0.1) is 0 Å². The molecule has 4 atom stereocenters. The van der Waals surface area contributed by atoms with Gasteiger partial charge in [0.1, 0.15) is 11.6 Å². The van der Waals surface area contributed by atoms with Crippen LogP contribution < -0.4 is 0 Å². The lowest BCUT2D eigenvalue weighted by atomic mass is 9.65. The van der Waals surface area contributed by atoms with Crippen LogP contribution >= 0.6 is 0 Å². The maximum Gasteiger partial charge on any atom is 0.139 e. The van der Waals surface area contributed by atoms with E-state index in [-0.39, 0.29) is 11.6 Å². The lowest BCUT2D eigenvalue weighted by Gasteiger charge is -2.42. The van der Waals surface area contributed by atoms with Crippen molar-refractivity contribution in [3.8, 4) is 11.8 Å². The van der Waals surface area contributed by atoms with Gasteiger partial charge in [-0.3, -0.25) is 0 Å². The third-order valence-corrected chi connectivity index (χ3v) is 6.62. The minimum absolute atomic E-state index is 0.265. The Bertz CT molecular complexity index is 893. The van der Waals surface area contributed by atoms with E-state index in [0.29, 0.717) is 23.1 Å². The molecule has 2 aliphatic rings. The number of ether oxygens (including phenoxy) is 1. The number of rotatable bonds is 3. The van der Waals surface area contributed by atoms with E-state index in [4.69, 9.17) is 4.74 Å². The fourth-order valence-corrected chi connectivity index (χ4v) is 5.10. The summed E-state index contributed by atoms with van der Waals surface area (Å²) in [4.78, 5) is 0. The van der Waals surface area contributed by atoms with Crippen LogP contribution in [0.15, 0.2) is 42.5 Å². The summed E-state index contributed by atoms with van der Waals surface area (Å²) in [7, 11) is 0. The normalized spacial score (nSPS) is 26.3. The van der Waals surface area contributed by atoms with Crippen LogP contribution in [-0.4, -0.2) is 12.7 Å². The fraction of sp³-hybridized carbons (Fsp3) is 0.462. The summed E-state index contributed by atoms with van der Waals surface area (Å²) >= 11 is 0. The summed E-state index contributed by atoms with van der Waals surface area (Å²) in [6.45, 7) is 2.88. The maximum atomic E-state index is 14.7. The first-order chi connectivity index (χ1) is 14.1. The zero-order valence-electron chi connectivity index (χ0n) is 17.0. The molecule has 152 valence electrons. The Hall–Kier alpha value is -2.18.